The summed E-state index contributed by atoms with van der Waals surface area (Å²) in [6.07, 6.45) is 6.65. The number of esters is 1. The summed E-state index contributed by atoms with van der Waals surface area (Å²) >= 11 is 0. The number of ether oxygens (including phenoxy) is 3. The second-order valence-corrected chi connectivity index (χ2v) is 5.68. The first-order chi connectivity index (χ1) is 13.2. The molecular formula is C21H20N2O4. The minimum atomic E-state index is -0.411. The quantitative estimate of drug-likeness (QED) is 0.473. The lowest BCUT2D eigenvalue weighted by Gasteiger charge is -2.12. The molecule has 0 radical (unpaired) electrons. The van der Waals surface area contributed by atoms with Crippen LogP contribution in [0, 0.1) is 0 Å². The van der Waals surface area contributed by atoms with Crippen molar-refractivity contribution >= 4 is 12.0 Å². The van der Waals surface area contributed by atoms with Crippen LogP contribution in [0.25, 0.3) is 11.8 Å². The Kier molecular flexibility index (Phi) is 5.89. The number of aromatic nitrogens is 2. The lowest BCUT2D eigenvalue weighted by atomic mass is 10.2. The van der Waals surface area contributed by atoms with Gasteiger partial charge in [0.05, 0.1) is 19.9 Å². The molecule has 27 heavy (non-hydrogen) atoms. The lowest BCUT2D eigenvalue weighted by molar-refractivity contribution is -0.134. The minimum Gasteiger partial charge on any atom is -0.493 e. The SMILES string of the molecule is COC(=O)C=Cc1ccc(OCc2cccc(-n3cccn3)c2)c(OC)c1. The number of hydrogen-bond donors (Lipinski definition) is 0. The summed E-state index contributed by atoms with van der Waals surface area (Å²) in [6.45, 7) is 0.392. The summed E-state index contributed by atoms with van der Waals surface area (Å²) < 4.78 is 17.7. The van der Waals surface area contributed by atoms with Crippen molar-refractivity contribution < 1.29 is 19.0 Å². The summed E-state index contributed by atoms with van der Waals surface area (Å²) in [5.74, 6) is 0.800. The van der Waals surface area contributed by atoms with Gasteiger partial charge in [-0.2, -0.15) is 5.10 Å². The highest BCUT2D eigenvalue weighted by molar-refractivity contribution is 5.87. The molecule has 0 amide bonds. The molecule has 0 N–H and O–H groups in total. The fourth-order valence-corrected chi connectivity index (χ4v) is 2.51. The minimum absolute atomic E-state index is 0.392. The van der Waals surface area contributed by atoms with Crippen LogP contribution < -0.4 is 9.47 Å². The van der Waals surface area contributed by atoms with Crippen molar-refractivity contribution in [1.82, 2.24) is 9.78 Å². The second-order valence-electron chi connectivity index (χ2n) is 5.68. The molecular weight excluding hydrogens is 344 g/mol. The molecule has 1 aromatic heterocycles. The van der Waals surface area contributed by atoms with Crippen molar-refractivity contribution in [2.75, 3.05) is 14.2 Å². The van der Waals surface area contributed by atoms with E-state index < -0.39 is 5.97 Å². The maximum absolute atomic E-state index is 11.2. The Labute approximate surface area is 157 Å². The highest BCUT2D eigenvalue weighted by Gasteiger charge is 2.06. The van der Waals surface area contributed by atoms with Gasteiger partial charge in [0.25, 0.3) is 0 Å². The van der Waals surface area contributed by atoms with E-state index in [9.17, 15) is 4.79 Å². The highest BCUT2D eigenvalue weighted by Crippen LogP contribution is 2.29. The molecule has 0 aliphatic heterocycles. The number of methoxy groups -OCH3 is 2. The molecule has 0 aliphatic carbocycles. The predicted molar refractivity (Wildman–Crippen MR) is 102 cm³/mol. The van der Waals surface area contributed by atoms with E-state index in [1.165, 1.54) is 13.2 Å². The molecule has 3 rings (SSSR count). The molecule has 1 heterocycles. The third-order valence-electron chi connectivity index (χ3n) is 3.87. The third kappa shape index (κ3) is 4.76. The average Bonchev–Trinajstić information content (AvgIpc) is 3.25. The molecule has 0 bridgehead atoms. The standard InChI is InChI=1S/C21H20N2O4/c1-25-20-14-16(8-10-21(24)26-2)7-9-19(20)27-15-17-5-3-6-18(13-17)23-12-4-11-22-23/h3-14H,15H2,1-2H3. The number of carbonyl (C=O) groups excluding carboxylic acids is 1. The fraction of sp³-hybridized carbons (Fsp3) is 0.143. The van der Waals surface area contributed by atoms with E-state index in [4.69, 9.17) is 9.47 Å². The topological polar surface area (TPSA) is 62.6 Å². The Morgan fingerprint density at radius 1 is 1.11 bits per heavy atom. The van der Waals surface area contributed by atoms with Crippen LogP contribution in [0.3, 0.4) is 0 Å². The van der Waals surface area contributed by atoms with E-state index in [2.05, 4.69) is 9.84 Å². The smallest absolute Gasteiger partial charge is 0.330 e. The Morgan fingerprint density at radius 3 is 2.74 bits per heavy atom. The van der Waals surface area contributed by atoms with Gasteiger partial charge in [-0.1, -0.05) is 18.2 Å². The Bertz CT molecular complexity index is 933. The Balaban J connectivity index is 1.71. The number of benzene rings is 2. The molecule has 6 heteroatoms. The molecule has 0 spiro atoms. The number of carbonyl (C=O) groups is 1. The van der Waals surface area contributed by atoms with Crippen LogP contribution in [0.4, 0.5) is 0 Å². The van der Waals surface area contributed by atoms with Crippen molar-refractivity contribution in [3.63, 3.8) is 0 Å². The van der Waals surface area contributed by atoms with Gasteiger partial charge >= 0.3 is 5.97 Å². The first-order valence-electron chi connectivity index (χ1n) is 8.35. The van der Waals surface area contributed by atoms with E-state index in [0.717, 1.165) is 16.8 Å². The average molecular weight is 364 g/mol. The summed E-state index contributed by atoms with van der Waals surface area (Å²) in [5, 5.41) is 4.24. The number of nitrogens with zero attached hydrogens (tertiary/aromatic N) is 2. The van der Waals surface area contributed by atoms with Gasteiger partial charge in [-0.25, -0.2) is 9.48 Å². The van der Waals surface area contributed by atoms with Gasteiger partial charge in [0.15, 0.2) is 11.5 Å². The number of hydrogen-bond acceptors (Lipinski definition) is 5. The molecule has 0 atom stereocenters. The Morgan fingerprint density at radius 2 is 2.00 bits per heavy atom. The van der Waals surface area contributed by atoms with Crippen LogP contribution in [-0.4, -0.2) is 30.0 Å². The van der Waals surface area contributed by atoms with Crippen LogP contribution in [-0.2, 0) is 16.1 Å². The van der Waals surface area contributed by atoms with Gasteiger partial charge in [-0.15, -0.1) is 0 Å². The third-order valence-corrected chi connectivity index (χ3v) is 3.87. The van der Waals surface area contributed by atoms with Crippen LogP contribution >= 0.6 is 0 Å². The van der Waals surface area contributed by atoms with E-state index in [1.54, 1.807) is 30.1 Å². The molecule has 0 saturated carbocycles. The maximum atomic E-state index is 11.2. The van der Waals surface area contributed by atoms with Crippen LogP contribution in [0.1, 0.15) is 11.1 Å². The van der Waals surface area contributed by atoms with Gasteiger partial charge in [0, 0.05) is 18.5 Å². The van der Waals surface area contributed by atoms with E-state index >= 15 is 0 Å². The van der Waals surface area contributed by atoms with Gasteiger partial charge in [0.2, 0.25) is 0 Å². The molecule has 138 valence electrons. The zero-order valence-corrected chi connectivity index (χ0v) is 15.2. The van der Waals surface area contributed by atoms with Gasteiger partial charge < -0.3 is 14.2 Å². The molecule has 0 aliphatic rings. The van der Waals surface area contributed by atoms with E-state index in [0.29, 0.717) is 18.1 Å². The summed E-state index contributed by atoms with van der Waals surface area (Å²) in [7, 11) is 2.92. The van der Waals surface area contributed by atoms with Gasteiger partial charge in [-0.05, 0) is 47.5 Å². The van der Waals surface area contributed by atoms with Crippen molar-refractivity contribution in [3.8, 4) is 17.2 Å². The molecule has 6 nitrogen and oxygen atoms in total. The van der Waals surface area contributed by atoms with Crippen LogP contribution in [0.5, 0.6) is 11.5 Å². The zero-order valence-electron chi connectivity index (χ0n) is 15.2. The largest absolute Gasteiger partial charge is 0.493 e. The van der Waals surface area contributed by atoms with Crippen molar-refractivity contribution in [2.45, 2.75) is 6.61 Å². The summed E-state index contributed by atoms with van der Waals surface area (Å²) in [6, 6.07) is 15.3. The van der Waals surface area contributed by atoms with Crippen molar-refractivity contribution in [2.24, 2.45) is 0 Å². The molecule has 0 saturated heterocycles. The van der Waals surface area contributed by atoms with Gasteiger partial charge in [0.1, 0.15) is 6.61 Å². The molecule has 2 aromatic carbocycles. The fourth-order valence-electron chi connectivity index (χ4n) is 2.51. The van der Waals surface area contributed by atoms with E-state index in [1.807, 2.05) is 48.7 Å². The number of rotatable bonds is 7. The zero-order chi connectivity index (χ0) is 19.1. The van der Waals surface area contributed by atoms with E-state index in [-0.39, 0.29) is 0 Å². The molecule has 0 unspecified atom stereocenters. The van der Waals surface area contributed by atoms with Crippen LogP contribution in [0.15, 0.2) is 67.0 Å². The van der Waals surface area contributed by atoms with Crippen molar-refractivity contribution in [1.29, 1.82) is 0 Å². The first kappa shape index (κ1) is 18.3. The predicted octanol–water partition coefficient (Wildman–Crippen LogP) is 3.65. The normalized spacial score (nSPS) is 10.7. The first-order valence-corrected chi connectivity index (χ1v) is 8.35. The highest BCUT2D eigenvalue weighted by atomic mass is 16.5. The Hall–Kier alpha value is -3.54. The summed E-state index contributed by atoms with van der Waals surface area (Å²) in [5.41, 5.74) is 2.79. The summed E-state index contributed by atoms with van der Waals surface area (Å²) in [4.78, 5) is 11.2. The van der Waals surface area contributed by atoms with Crippen LogP contribution in [0.2, 0.25) is 0 Å². The van der Waals surface area contributed by atoms with Crippen molar-refractivity contribution in [3.05, 3.63) is 78.1 Å². The van der Waals surface area contributed by atoms with Gasteiger partial charge in [-0.3, -0.25) is 0 Å². The lowest BCUT2D eigenvalue weighted by Crippen LogP contribution is -2.00. The molecule has 3 aromatic rings. The molecule has 0 fully saturated rings. The maximum Gasteiger partial charge on any atom is 0.330 e. The monoisotopic (exact) mass is 364 g/mol. The second kappa shape index (κ2) is 8.71.